The van der Waals surface area contributed by atoms with Gasteiger partial charge in [0.25, 0.3) is 0 Å². The molecule has 0 aromatic carbocycles. The number of aliphatic carboxylic acids is 2. The van der Waals surface area contributed by atoms with Crippen molar-refractivity contribution in [1.82, 2.24) is 5.32 Å². The Balaban J connectivity index is 4.69. The monoisotopic (exact) mass is 275 g/mol. The molecule has 110 valence electrons. The average Bonchev–Trinajstić information content (AvgIpc) is 2.25. The summed E-state index contributed by atoms with van der Waals surface area (Å²) in [7, 11) is 0. The van der Waals surface area contributed by atoms with E-state index >= 15 is 0 Å². The third-order valence-corrected chi connectivity index (χ3v) is 3.08. The van der Waals surface area contributed by atoms with Crippen LogP contribution in [0, 0.1) is 5.92 Å². The summed E-state index contributed by atoms with van der Waals surface area (Å²) in [4.78, 5) is 32.8. The molecule has 3 N–H and O–H groups in total. The zero-order chi connectivity index (χ0) is 15.2. The van der Waals surface area contributed by atoms with Crippen LogP contribution in [0.5, 0.6) is 0 Å². The first-order chi connectivity index (χ1) is 8.65. The summed E-state index contributed by atoms with van der Waals surface area (Å²) in [6, 6.07) is -2.01. The maximum atomic E-state index is 11.6. The Morgan fingerprint density at radius 3 is 1.84 bits per heavy atom. The molecule has 1 amide bonds. The molecule has 0 aromatic rings. The fourth-order valence-electron chi connectivity index (χ4n) is 1.97. The largest absolute Gasteiger partial charge is 0.479 e. The number of carbonyl (C=O) groups excluding carboxylic acids is 1. The van der Waals surface area contributed by atoms with Crippen molar-refractivity contribution in [3.8, 4) is 0 Å². The number of nitrogens with one attached hydrogen (secondary N) is 1. The Kier molecular flexibility index (Phi) is 6.31. The SMILES string of the molecule is CCC(CC)C(C)(C)OC(=O)NC(C(=O)O)C(=O)O. The zero-order valence-electron chi connectivity index (χ0n) is 11.6. The van der Waals surface area contributed by atoms with E-state index in [9.17, 15) is 14.4 Å². The van der Waals surface area contributed by atoms with Crippen LogP contribution in [-0.4, -0.2) is 39.9 Å². The van der Waals surface area contributed by atoms with Crippen molar-refractivity contribution in [3.63, 3.8) is 0 Å². The average molecular weight is 275 g/mol. The van der Waals surface area contributed by atoms with Crippen LogP contribution in [0.4, 0.5) is 4.79 Å². The fourth-order valence-corrected chi connectivity index (χ4v) is 1.97. The quantitative estimate of drug-likeness (QED) is 0.606. The third-order valence-electron chi connectivity index (χ3n) is 3.08. The van der Waals surface area contributed by atoms with E-state index in [4.69, 9.17) is 14.9 Å². The Morgan fingerprint density at radius 1 is 1.11 bits per heavy atom. The van der Waals surface area contributed by atoms with Crippen molar-refractivity contribution < 1.29 is 29.3 Å². The van der Waals surface area contributed by atoms with E-state index in [0.717, 1.165) is 12.8 Å². The van der Waals surface area contributed by atoms with Crippen LogP contribution in [-0.2, 0) is 14.3 Å². The number of carbonyl (C=O) groups is 3. The van der Waals surface area contributed by atoms with Gasteiger partial charge in [0.1, 0.15) is 5.60 Å². The summed E-state index contributed by atoms with van der Waals surface area (Å²) in [5, 5.41) is 19.1. The third kappa shape index (κ3) is 5.15. The second kappa shape index (κ2) is 6.96. The molecule has 0 aliphatic rings. The number of carboxylic acid groups (broad SMARTS) is 2. The standard InChI is InChI=1S/C12H21NO6/c1-5-7(6-2)12(3,4)19-11(18)13-8(9(14)15)10(16)17/h7-8H,5-6H2,1-4H3,(H,13,18)(H,14,15)(H,16,17). The van der Waals surface area contributed by atoms with Crippen LogP contribution in [0.3, 0.4) is 0 Å². The van der Waals surface area contributed by atoms with E-state index in [2.05, 4.69) is 0 Å². The van der Waals surface area contributed by atoms with Crippen molar-refractivity contribution >= 4 is 18.0 Å². The summed E-state index contributed by atoms with van der Waals surface area (Å²) < 4.78 is 5.14. The molecule has 0 atom stereocenters. The van der Waals surface area contributed by atoms with Crippen molar-refractivity contribution in [2.24, 2.45) is 5.92 Å². The number of ether oxygens (including phenoxy) is 1. The van der Waals surface area contributed by atoms with Gasteiger partial charge in [0.2, 0.25) is 6.04 Å². The van der Waals surface area contributed by atoms with Crippen LogP contribution in [0.15, 0.2) is 0 Å². The van der Waals surface area contributed by atoms with Crippen LogP contribution < -0.4 is 5.32 Å². The second-order valence-corrected chi connectivity index (χ2v) is 4.76. The molecule has 0 aliphatic heterocycles. The molecule has 0 heterocycles. The lowest BCUT2D eigenvalue weighted by Crippen LogP contribution is -2.49. The molecular weight excluding hydrogens is 254 g/mol. The highest BCUT2D eigenvalue weighted by molar-refractivity contribution is 5.99. The summed E-state index contributed by atoms with van der Waals surface area (Å²) in [5.41, 5.74) is -0.796. The molecule has 0 aromatic heterocycles. The Labute approximate surface area is 111 Å². The summed E-state index contributed by atoms with van der Waals surface area (Å²) >= 11 is 0. The van der Waals surface area contributed by atoms with Crippen molar-refractivity contribution in [1.29, 1.82) is 0 Å². The number of hydrogen-bond donors (Lipinski definition) is 3. The lowest BCUT2D eigenvalue weighted by Gasteiger charge is -2.33. The number of carboxylic acids is 2. The minimum Gasteiger partial charge on any atom is -0.479 e. The van der Waals surface area contributed by atoms with Gasteiger partial charge in [0.15, 0.2) is 0 Å². The Hall–Kier alpha value is -1.79. The molecule has 19 heavy (non-hydrogen) atoms. The van der Waals surface area contributed by atoms with Crippen LogP contribution in [0.1, 0.15) is 40.5 Å². The van der Waals surface area contributed by atoms with E-state index < -0.39 is 29.7 Å². The minimum absolute atomic E-state index is 0.103. The molecule has 0 fully saturated rings. The van der Waals surface area contributed by atoms with E-state index in [1.54, 1.807) is 13.8 Å². The van der Waals surface area contributed by atoms with Crippen LogP contribution in [0.25, 0.3) is 0 Å². The second-order valence-electron chi connectivity index (χ2n) is 4.76. The topological polar surface area (TPSA) is 113 Å². The summed E-state index contributed by atoms with van der Waals surface area (Å²) in [6.45, 7) is 7.32. The first-order valence-electron chi connectivity index (χ1n) is 6.10. The van der Waals surface area contributed by atoms with Gasteiger partial charge in [0.05, 0.1) is 0 Å². The molecule has 0 rings (SSSR count). The predicted molar refractivity (Wildman–Crippen MR) is 66.8 cm³/mol. The number of alkyl carbamates (subject to hydrolysis) is 1. The highest BCUT2D eigenvalue weighted by atomic mass is 16.6. The molecule has 7 nitrogen and oxygen atoms in total. The lowest BCUT2D eigenvalue weighted by molar-refractivity contribution is -0.151. The van der Waals surface area contributed by atoms with Crippen LogP contribution in [0.2, 0.25) is 0 Å². The molecule has 7 heteroatoms. The first kappa shape index (κ1) is 17.2. The summed E-state index contributed by atoms with van der Waals surface area (Å²) in [6.07, 6.45) is 0.530. The molecule has 0 bridgehead atoms. The van der Waals surface area contributed by atoms with Gasteiger partial charge in [-0.15, -0.1) is 0 Å². The van der Waals surface area contributed by atoms with Gasteiger partial charge in [-0.05, 0) is 32.6 Å². The molecule has 0 unspecified atom stereocenters. The van der Waals surface area contributed by atoms with Gasteiger partial charge in [0, 0.05) is 0 Å². The van der Waals surface area contributed by atoms with E-state index in [0.29, 0.717) is 0 Å². The van der Waals surface area contributed by atoms with Gasteiger partial charge in [-0.2, -0.15) is 0 Å². The van der Waals surface area contributed by atoms with E-state index in [-0.39, 0.29) is 5.92 Å². The van der Waals surface area contributed by atoms with Crippen molar-refractivity contribution in [2.45, 2.75) is 52.2 Å². The number of amides is 1. The predicted octanol–water partition coefficient (Wildman–Crippen LogP) is 1.47. The highest BCUT2D eigenvalue weighted by Crippen LogP contribution is 2.27. The van der Waals surface area contributed by atoms with Gasteiger partial charge < -0.3 is 14.9 Å². The van der Waals surface area contributed by atoms with E-state index in [1.807, 2.05) is 19.2 Å². The normalized spacial score (nSPS) is 11.5. The smallest absolute Gasteiger partial charge is 0.408 e. The van der Waals surface area contributed by atoms with Crippen LogP contribution >= 0.6 is 0 Å². The Morgan fingerprint density at radius 2 is 1.53 bits per heavy atom. The molecule has 0 saturated heterocycles. The molecular formula is C12H21NO6. The molecule has 0 spiro atoms. The molecule has 0 radical (unpaired) electrons. The van der Waals surface area contributed by atoms with Crippen molar-refractivity contribution in [3.05, 3.63) is 0 Å². The fraction of sp³-hybridized carbons (Fsp3) is 0.750. The molecule has 0 aliphatic carbocycles. The van der Waals surface area contributed by atoms with Gasteiger partial charge in [-0.25, -0.2) is 14.4 Å². The highest BCUT2D eigenvalue weighted by Gasteiger charge is 2.34. The van der Waals surface area contributed by atoms with Gasteiger partial charge in [-0.1, -0.05) is 13.8 Å². The molecule has 0 saturated carbocycles. The van der Waals surface area contributed by atoms with Gasteiger partial charge in [-0.3, -0.25) is 5.32 Å². The first-order valence-corrected chi connectivity index (χ1v) is 6.10. The number of rotatable bonds is 7. The maximum Gasteiger partial charge on any atom is 0.408 e. The zero-order valence-corrected chi connectivity index (χ0v) is 11.6. The summed E-state index contributed by atoms with van der Waals surface area (Å²) in [5.74, 6) is -3.19. The van der Waals surface area contributed by atoms with E-state index in [1.165, 1.54) is 0 Å². The number of hydrogen-bond acceptors (Lipinski definition) is 4. The maximum absolute atomic E-state index is 11.6. The Bertz CT molecular complexity index is 334. The lowest BCUT2D eigenvalue weighted by atomic mass is 9.86. The van der Waals surface area contributed by atoms with Crippen molar-refractivity contribution in [2.75, 3.05) is 0 Å². The van der Waals surface area contributed by atoms with Gasteiger partial charge >= 0.3 is 18.0 Å². The minimum atomic E-state index is -2.01.